The van der Waals surface area contributed by atoms with Gasteiger partial charge in [-0.3, -0.25) is 19.6 Å². The molecule has 4 aliphatic rings. The Morgan fingerprint density at radius 2 is 2.09 bits per heavy atom. The van der Waals surface area contributed by atoms with Crippen LogP contribution in [0.15, 0.2) is 58.7 Å². The minimum absolute atomic E-state index is 0.0828. The van der Waals surface area contributed by atoms with Crippen LogP contribution >= 0.6 is 11.3 Å². The molecule has 1 aromatic carbocycles. The number of amidine groups is 1. The lowest BCUT2D eigenvalue weighted by atomic mass is 9.92. The summed E-state index contributed by atoms with van der Waals surface area (Å²) >= 11 is 1.30. The first-order chi connectivity index (χ1) is 21.0. The van der Waals surface area contributed by atoms with Gasteiger partial charge in [0.1, 0.15) is 18.5 Å². The standard InChI is InChI=1S/C31H34F3N5O4S/c1-3-12-43-23(40)14-30(8-9-30)16-38-11-7-22-26(38)31(33,34)17-39(22)15-21-24(29(41)42)25(19-5-4-6-20(32)18(19)2)37-27(36-21)28-35-10-13-44-28/h3-6,10,13,22,25-26H,1,7-9,11-12,14-17H2,2H3,(H,36,37)(H,41,42)/t22?,25-,26?/m0/s1. The maximum absolute atomic E-state index is 15.8. The first-order valence-electron chi connectivity index (χ1n) is 14.6. The minimum atomic E-state index is -3.05. The Bertz CT molecular complexity index is 1520. The monoisotopic (exact) mass is 629 g/mol. The van der Waals surface area contributed by atoms with Gasteiger partial charge in [-0.05, 0) is 48.8 Å². The van der Waals surface area contributed by atoms with Gasteiger partial charge in [-0.1, -0.05) is 24.8 Å². The Kier molecular flexibility index (Phi) is 8.14. The van der Waals surface area contributed by atoms with Crippen molar-refractivity contribution in [3.8, 4) is 0 Å². The van der Waals surface area contributed by atoms with Gasteiger partial charge in [-0.15, -0.1) is 11.3 Å². The summed E-state index contributed by atoms with van der Waals surface area (Å²) in [4.78, 5) is 37.4. The van der Waals surface area contributed by atoms with Gasteiger partial charge in [0.25, 0.3) is 5.92 Å². The van der Waals surface area contributed by atoms with E-state index in [1.165, 1.54) is 29.5 Å². The molecule has 1 saturated carbocycles. The number of thiazole rings is 1. The molecule has 2 unspecified atom stereocenters. The van der Waals surface area contributed by atoms with Crippen molar-refractivity contribution in [1.82, 2.24) is 20.1 Å². The number of carbonyl (C=O) groups is 2. The summed E-state index contributed by atoms with van der Waals surface area (Å²) in [6.07, 6.45) is 5.30. The van der Waals surface area contributed by atoms with E-state index in [1.54, 1.807) is 34.4 Å². The van der Waals surface area contributed by atoms with E-state index >= 15 is 8.78 Å². The second-order valence-electron chi connectivity index (χ2n) is 12.1. The van der Waals surface area contributed by atoms with Crippen molar-refractivity contribution < 1.29 is 32.6 Å². The van der Waals surface area contributed by atoms with Crippen LogP contribution in [0.1, 0.15) is 47.9 Å². The Hall–Kier alpha value is -3.55. The molecular weight excluding hydrogens is 595 g/mol. The molecule has 0 spiro atoms. The summed E-state index contributed by atoms with van der Waals surface area (Å²) < 4.78 is 51.3. The number of aliphatic imine (C=N–C) groups is 1. The zero-order chi connectivity index (χ0) is 31.2. The van der Waals surface area contributed by atoms with Crippen molar-refractivity contribution in [3.05, 3.63) is 75.7 Å². The summed E-state index contributed by atoms with van der Waals surface area (Å²) in [6, 6.07) is 1.79. The summed E-state index contributed by atoms with van der Waals surface area (Å²) in [5.41, 5.74) is 0.394. The molecule has 234 valence electrons. The zero-order valence-electron chi connectivity index (χ0n) is 24.3. The number of carbonyl (C=O) groups excluding carboxylic acids is 1. The molecule has 3 fully saturated rings. The van der Waals surface area contributed by atoms with Crippen molar-refractivity contribution in [1.29, 1.82) is 0 Å². The number of aliphatic carboxylic acids is 1. The molecule has 1 aliphatic carbocycles. The molecule has 44 heavy (non-hydrogen) atoms. The van der Waals surface area contributed by atoms with E-state index in [1.807, 2.05) is 0 Å². The predicted molar refractivity (Wildman–Crippen MR) is 158 cm³/mol. The number of likely N-dealkylation sites (tertiary alicyclic amines) is 2. The topological polar surface area (TPSA) is 107 Å². The third-order valence-electron chi connectivity index (χ3n) is 9.12. The number of carboxylic acids is 1. The average molecular weight is 630 g/mol. The van der Waals surface area contributed by atoms with Crippen molar-refractivity contribution in [2.75, 3.05) is 32.8 Å². The molecule has 1 aromatic heterocycles. The van der Waals surface area contributed by atoms with Crippen LogP contribution in [0, 0.1) is 18.2 Å². The molecule has 13 heteroatoms. The molecular formula is C31H34F3N5O4S. The Morgan fingerprint density at radius 1 is 1.30 bits per heavy atom. The number of hydrogen-bond donors (Lipinski definition) is 2. The lowest BCUT2D eigenvalue weighted by molar-refractivity contribution is -0.144. The molecule has 2 N–H and O–H groups in total. The van der Waals surface area contributed by atoms with Crippen LogP contribution in [0.25, 0.3) is 0 Å². The van der Waals surface area contributed by atoms with Gasteiger partial charge in [0.05, 0.1) is 24.6 Å². The number of alkyl halides is 2. The highest BCUT2D eigenvalue weighted by molar-refractivity contribution is 7.11. The van der Waals surface area contributed by atoms with Gasteiger partial charge in [0, 0.05) is 43.0 Å². The molecule has 6 rings (SSSR count). The second-order valence-corrected chi connectivity index (χ2v) is 13.0. The van der Waals surface area contributed by atoms with Gasteiger partial charge in [0.2, 0.25) is 0 Å². The maximum atomic E-state index is 15.8. The number of benzene rings is 1. The van der Waals surface area contributed by atoms with Crippen molar-refractivity contribution in [3.63, 3.8) is 0 Å². The van der Waals surface area contributed by atoms with Crippen molar-refractivity contribution in [2.24, 2.45) is 10.4 Å². The fraction of sp³-hybridized carbons (Fsp3) is 0.484. The number of fused-ring (bicyclic) bond motifs is 1. The molecule has 3 aliphatic heterocycles. The molecule has 0 amide bonds. The summed E-state index contributed by atoms with van der Waals surface area (Å²) in [5, 5.41) is 15.7. The van der Waals surface area contributed by atoms with E-state index < -0.39 is 42.4 Å². The van der Waals surface area contributed by atoms with Crippen LogP contribution in [-0.4, -0.2) is 88.5 Å². The fourth-order valence-electron chi connectivity index (χ4n) is 6.88. The van der Waals surface area contributed by atoms with Gasteiger partial charge in [0.15, 0.2) is 10.8 Å². The first-order valence-corrected chi connectivity index (χ1v) is 15.5. The highest BCUT2D eigenvalue weighted by Gasteiger charge is 2.61. The van der Waals surface area contributed by atoms with Gasteiger partial charge in [-0.2, -0.15) is 0 Å². The molecule has 4 heterocycles. The van der Waals surface area contributed by atoms with E-state index in [2.05, 4.69) is 21.9 Å². The van der Waals surface area contributed by atoms with Gasteiger partial charge < -0.3 is 15.2 Å². The molecule has 0 bridgehead atoms. The fourth-order valence-corrected chi connectivity index (χ4v) is 7.47. The number of hydrogen-bond acceptors (Lipinski definition) is 9. The van der Waals surface area contributed by atoms with Gasteiger partial charge >= 0.3 is 11.9 Å². The number of ether oxygens (including phenoxy) is 1. The Balaban J connectivity index is 1.28. The number of halogens is 3. The molecule has 0 radical (unpaired) electrons. The van der Waals surface area contributed by atoms with Crippen LogP contribution in [0.5, 0.6) is 0 Å². The van der Waals surface area contributed by atoms with E-state index in [9.17, 15) is 19.1 Å². The van der Waals surface area contributed by atoms with E-state index in [0.717, 1.165) is 12.8 Å². The summed E-state index contributed by atoms with van der Waals surface area (Å²) in [7, 11) is 0. The van der Waals surface area contributed by atoms with Crippen LogP contribution in [-0.2, 0) is 14.3 Å². The van der Waals surface area contributed by atoms with E-state index in [-0.39, 0.29) is 47.8 Å². The molecule has 2 saturated heterocycles. The lowest BCUT2D eigenvalue weighted by Gasteiger charge is -2.31. The predicted octanol–water partition coefficient (Wildman–Crippen LogP) is 4.31. The number of esters is 1. The van der Waals surface area contributed by atoms with Crippen LogP contribution in [0.3, 0.4) is 0 Å². The number of nitrogens with zero attached hydrogens (tertiary/aromatic N) is 4. The van der Waals surface area contributed by atoms with E-state index in [0.29, 0.717) is 35.9 Å². The largest absolute Gasteiger partial charge is 0.478 e. The van der Waals surface area contributed by atoms with Crippen LogP contribution in [0.2, 0.25) is 0 Å². The first kappa shape index (κ1) is 30.5. The minimum Gasteiger partial charge on any atom is -0.478 e. The van der Waals surface area contributed by atoms with Crippen LogP contribution < -0.4 is 5.32 Å². The van der Waals surface area contributed by atoms with Gasteiger partial charge in [-0.25, -0.2) is 22.9 Å². The number of nitrogens with one attached hydrogen (secondary N) is 1. The third kappa shape index (κ3) is 5.80. The summed E-state index contributed by atoms with van der Waals surface area (Å²) in [6.45, 7) is 5.43. The van der Waals surface area contributed by atoms with Crippen molar-refractivity contribution in [2.45, 2.75) is 56.7 Å². The quantitative estimate of drug-likeness (QED) is 0.280. The molecule has 3 atom stereocenters. The highest BCUT2D eigenvalue weighted by atomic mass is 32.1. The number of carboxylic acid groups (broad SMARTS) is 1. The number of rotatable bonds is 11. The number of aromatic nitrogens is 1. The zero-order valence-corrected chi connectivity index (χ0v) is 25.1. The maximum Gasteiger partial charge on any atom is 0.335 e. The van der Waals surface area contributed by atoms with E-state index in [4.69, 9.17) is 4.74 Å². The van der Waals surface area contributed by atoms with Crippen molar-refractivity contribution >= 4 is 29.1 Å². The average Bonchev–Trinajstić information content (AvgIpc) is 3.31. The highest BCUT2D eigenvalue weighted by Crippen LogP contribution is 2.52. The molecule has 2 aromatic rings. The molecule has 9 nitrogen and oxygen atoms in total. The Labute approximate surface area is 257 Å². The third-order valence-corrected chi connectivity index (χ3v) is 9.90. The SMILES string of the molecule is C=CCOC(=O)CC1(CN2CCC3C2C(F)(F)CN3CC2=C(C(=O)O)[C@H](c3cccc(F)c3C)N=C(c3nccs3)N2)CC1. The normalized spacial score (nSPS) is 25.7. The second kappa shape index (κ2) is 11.8. The Morgan fingerprint density at radius 3 is 2.77 bits per heavy atom. The lowest BCUT2D eigenvalue weighted by Crippen LogP contribution is -2.47. The van der Waals surface area contributed by atoms with Crippen LogP contribution in [0.4, 0.5) is 13.2 Å². The smallest absolute Gasteiger partial charge is 0.335 e. The summed E-state index contributed by atoms with van der Waals surface area (Å²) in [5.74, 6) is -4.85.